The maximum absolute atomic E-state index is 14.4. The summed E-state index contributed by atoms with van der Waals surface area (Å²) in [5.74, 6) is -9.67. The molecule has 3 aromatic heterocycles. The van der Waals surface area contributed by atoms with E-state index in [9.17, 15) is 87.6 Å². The number of aryl methyl sites for hydroxylation is 3. The summed E-state index contributed by atoms with van der Waals surface area (Å²) in [6, 6.07) is 66.4. The highest BCUT2D eigenvalue weighted by Crippen LogP contribution is 2.50. The molecule has 3 aliphatic rings. The Hall–Kier alpha value is -15.9. The number of nitro benzene ring substituents is 3. The van der Waals surface area contributed by atoms with Crippen LogP contribution in [0.2, 0.25) is 0 Å². The van der Waals surface area contributed by atoms with Gasteiger partial charge < -0.3 is 25.5 Å². The molecule has 5 N–H and O–H groups in total. The Bertz CT molecular complexity index is 6810. The van der Waals surface area contributed by atoms with Crippen LogP contribution < -0.4 is 14.7 Å². The number of nitrogens with zero attached hydrogens (tertiary/aromatic N) is 12. The molecule has 690 valence electrons. The van der Waals surface area contributed by atoms with Gasteiger partial charge in [0.25, 0.3) is 46.4 Å². The molecular weight excluding hydrogens is 1890 g/mol. The van der Waals surface area contributed by atoms with Crippen LogP contribution in [0.3, 0.4) is 0 Å². The molecule has 0 bridgehead atoms. The number of rotatable bonds is 21. The molecule has 3 fully saturated rings. The number of aliphatic hydroxyl groups is 3. The number of thioether (sulfide) groups is 3. The van der Waals surface area contributed by atoms with Crippen molar-refractivity contribution < 1.29 is 91.8 Å². The number of ketones is 3. The van der Waals surface area contributed by atoms with Crippen LogP contribution in [0, 0.1) is 68.6 Å². The van der Waals surface area contributed by atoms with Gasteiger partial charge in [0.05, 0.1) is 49.6 Å². The molecule has 0 aliphatic carbocycles. The number of amides is 3. The third-order valence-electron chi connectivity index (χ3n) is 21.4. The summed E-state index contributed by atoms with van der Waals surface area (Å²) >= 11 is 7.47. The third-order valence-corrected chi connectivity index (χ3v) is 27.7. The molecule has 18 rings (SSSR count). The van der Waals surface area contributed by atoms with E-state index in [2.05, 4.69) is 30.6 Å². The van der Waals surface area contributed by atoms with Crippen molar-refractivity contribution in [3.63, 3.8) is 0 Å². The number of nitro groups is 3. The molecule has 40 heteroatoms. The molecule has 6 heterocycles. The predicted octanol–water partition coefficient (Wildman–Crippen LogP) is 21.1. The van der Waals surface area contributed by atoms with Crippen LogP contribution in [0.15, 0.2) is 285 Å². The van der Waals surface area contributed by atoms with Gasteiger partial charge >= 0.3 is 17.7 Å². The minimum Gasteiger partial charge on any atom is -0.507 e. The zero-order valence-electron chi connectivity index (χ0n) is 72.0. The number of aromatic nitrogens is 6. The quantitative estimate of drug-likeness (QED) is 0.00848. The van der Waals surface area contributed by atoms with E-state index in [1.54, 1.807) is 20.8 Å². The number of fused-ring (bicyclic) bond motifs is 3. The summed E-state index contributed by atoms with van der Waals surface area (Å²) in [6.07, 6.45) is 0. The van der Waals surface area contributed by atoms with Crippen molar-refractivity contribution in [1.82, 2.24) is 30.6 Å². The van der Waals surface area contributed by atoms with Crippen molar-refractivity contribution in [2.75, 3.05) is 14.7 Å². The van der Waals surface area contributed by atoms with E-state index in [1.807, 2.05) is 127 Å². The molecular formula is C97H71F3N12O19S6. The highest BCUT2D eigenvalue weighted by Gasteiger charge is 2.52. The fraction of sp³-hybridized carbons (Fsp3) is 0.113. The van der Waals surface area contributed by atoms with Gasteiger partial charge in [0.1, 0.15) is 34.7 Å². The Balaban J connectivity index is 0.000000158. The van der Waals surface area contributed by atoms with Crippen LogP contribution in [0.5, 0.6) is 0 Å². The fourth-order valence-electron chi connectivity index (χ4n) is 14.9. The molecule has 12 aromatic carbocycles. The van der Waals surface area contributed by atoms with E-state index in [0.717, 1.165) is 130 Å². The summed E-state index contributed by atoms with van der Waals surface area (Å²) in [4.78, 5) is 135. The van der Waals surface area contributed by atoms with Gasteiger partial charge in [-0.25, -0.2) is 13.2 Å². The summed E-state index contributed by atoms with van der Waals surface area (Å²) in [6.45, 7) is 6.81. The number of non-ortho nitro benzene ring substituents is 3. The summed E-state index contributed by atoms with van der Waals surface area (Å²) in [7, 11) is 0. The van der Waals surface area contributed by atoms with Crippen molar-refractivity contribution in [3.05, 3.63) is 386 Å². The predicted molar refractivity (Wildman–Crippen MR) is 514 cm³/mol. The summed E-state index contributed by atoms with van der Waals surface area (Å²) in [5.41, 5.74) is 2.96. The average Bonchev–Trinajstić information content (AvgIpc) is 1.62. The van der Waals surface area contributed by atoms with Gasteiger partial charge in [-0.3, -0.25) is 83.4 Å². The van der Waals surface area contributed by atoms with Crippen molar-refractivity contribution in [2.24, 2.45) is 0 Å². The number of carbonyl (C=O) groups excluding carboxylic acids is 6. The number of Topliss-reactive ketones (excluding diaryl/α,β-unsaturated/α-hetero) is 3. The van der Waals surface area contributed by atoms with Crippen LogP contribution in [0.4, 0.5) is 45.6 Å². The molecule has 3 amide bonds. The number of carboxylic acid groups (broad SMARTS) is 2. The zero-order valence-corrected chi connectivity index (χ0v) is 76.9. The number of hydrogen-bond donors (Lipinski definition) is 5. The monoisotopic (exact) mass is 1960 g/mol. The zero-order chi connectivity index (χ0) is 97.9. The molecule has 137 heavy (non-hydrogen) atoms. The van der Waals surface area contributed by atoms with Crippen LogP contribution in [-0.4, -0.2) is 118 Å². The van der Waals surface area contributed by atoms with Crippen LogP contribution in [0.25, 0.3) is 49.6 Å². The average molecular weight is 1960 g/mol. The maximum atomic E-state index is 14.4. The maximum Gasteiger partial charge on any atom is 0.301 e. The molecule has 3 aliphatic heterocycles. The lowest BCUT2D eigenvalue weighted by Gasteiger charge is -2.22. The molecule has 3 atom stereocenters. The molecule has 0 saturated carbocycles. The van der Waals surface area contributed by atoms with E-state index in [-0.39, 0.29) is 82.6 Å². The number of aliphatic hydroxyl groups excluding tert-OH is 3. The number of aliphatic carboxylic acids is 2. The normalized spacial score (nSPS) is 15.6. The first-order valence-electron chi connectivity index (χ1n) is 40.8. The highest BCUT2D eigenvalue weighted by molar-refractivity contribution is 8.00. The Morgan fingerprint density at radius 1 is 0.350 bits per heavy atom. The lowest BCUT2D eigenvalue weighted by Crippen LogP contribution is -2.29. The van der Waals surface area contributed by atoms with Gasteiger partial charge in [0.2, 0.25) is 15.4 Å². The van der Waals surface area contributed by atoms with Gasteiger partial charge in [-0.15, -0.1) is 30.6 Å². The Morgan fingerprint density at radius 2 is 0.591 bits per heavy atom. The number of hydrogen-bond acceptors (Lipinski definition) is 29. The van der Waals surface area contributed by atoms with Gasteiger partial charge in [-0.1, -0.05) is 269 Å². The summed E-state index contributed by atoms with van der Waals surface area (Å²) in [5, 5.41) is 115. The Labute approximate surface area is 799 Å². The first kappa shape index (κ1) is 97.2. The topological polar surface area (TPSA) is 454 Å². The van der Waals surface area contributed by atoms with Crippen molar-refractivity contribution in [3.8, 4) is 0 Å². The van der Waals surface area contributed by atoms with Gasteiger partial charge in [-0.05, 0) is 121 Å². The lowest BCUT2D eigenvalue weighted by atomic mass is 9.95. The Kier molecular flexibility index (Phi) is 30.2. The second-order valence-corrected chi connectivity index (χ2v) is 36.9. The van der Waals surface area contributed by atoms with Crippen LogP contribution >= 0.6 is 69.3 Å². The lowest BCUT2D eigenvalue weighted by molar-refractivity contribution is -0.385. The Morgan fingerprint density at radius 3 is 0.839 bits per heavy atom. The molecule has 15 aromatic rings. The van der Waals surface area contributed by atoms with Crippen molar-refractivity contribution in [2.45, 2.75) is 83.0 Å². The van der Waals surface area contributed by atoms with E-state index in [0.29, 0.717) is 47.0 Å². The van der Waals surface area contributed by atoms with Crippen LogP contribution in [0.1, 0.15) is 98.7 Å². The second kappa shape index (κ2) is 42.6. The van der Waals surface area contributed by atoms with E-state index in [1.165, 1.54) is 144 Å². The SMILES string of the molecule is CC(=O)O.CC(=O)O.Cc1ccc(/C(O)=C2\C(=O)C(=O)N(c3nnc(SCc4cccc5ccccc45)s3)C2c2cccc([N+](=O)[O-])c2)cc1F.Cc1ccc(/C(O)=C2\C(=O)C(=O)N(c3nnc(SCc4cccc5ccccc45)s3)C2c2cccc([N+](=O)[O-])c2)cc1F.Cc1ccc(/C(O)=C2\C(=O)C(=O)N(c3nnc(SCc4cccc5ccccc45)s3)C2c2cccc([N+](=O)[O-])c2)cc1F. The molecule has 0 radical (unpaired) electrons. The minimum absolute atomic E-state index is 0.0138. The molecule has 31 nitrogen and oxygen atoms in total. The fourth-order valence-corrected chi connectivity index (χ4v) is 20.5. The summed E-state index contributed by atoms with van der Waals surface area (Å²) < 4.78 is 44.8. The van der Waals surface area contributed by atoms with Crippen LogP contribution in [-0.2, 0) is 55.6 Å². The molecule has 3 saturated heterocycles. The van der Waals surface area contributed by atoms with Crippen molar-refractivity contribution in [1.29, 1.82) is 0 Å². The molecule has 3 unspecified atom stereocenters. The van der Waals surface area contributed by atoms with E-state index >= 15 is 0 Å². The number of halogens is 3. The molecule has 0 spiro atoms. The smallest absolute Gasteiger partial charge is 0.301 e. The van der Waals surface area contributed by atoms with Gasteiger partial charge in [-0.2, -0.15) is 0 Å². The first-order valence-corrected chi connectivity index (χ1v) is 46.2. The number of carboxylic acids is 2. The van der Waals surface area contributed by atoms with Crippen molar-refractivity contribution >= 4 is 198 Å². The first-order chi connectivity index (χ1) is 65.6. The van der Waals surface area contributed by atoms with E-state index < -0.39 is 115 Å². The van der Waals surface area contributed by atoms with E-state index in [4.69, 9.17) is 19.8 Å². The standard InChI is InChI=1S/3C31H21FN4O5S2.2C2H4O2/c3*1-17-12-13-20(15-24(17)32)27(37)25-26(19-8-5-10-22(14-19)36(40)41)35(29(39)28(25)38)30-33-34-31(43-30)42-16-21-9-4-7-18-6-2-3-11-23(18)21;2*1-2(3)4/h3*2-15,26,37H,16H2,1H3;2*1H3,(H,3,4)/b3*27-25+;;. The van der Waals surface area contributed by atoms with Gasteiger partial charge in [0, 0.05) is 84.2 Å². The third kappa shape index (κ3) is 21.7. The number of carbonyl (C=O) groups is 8. The second-order valence-electron chi connectivity index (χ2n) is 30.3. The highest BCUT2D eigenvalue weighted by atomic mass is 32.2. The number of anilines is 3. The van der Waals surface area contributed by atoms with Gasteiger partial charge in [0.15, 0.2) is 13.0 Å². The largest absolute Gasteiger partial charge is 0.507 e. The minimum atomic E-state index is -1.27. The number of benzene rings is 12.